The summed E-state index contributed by atoms with van der Waals surface area (Å²) >= 11 is 0. The van der Waals surface area contributed by atoms with Gasteiger partial charge in [0.2, 0.25) is 0 Å². The molecule has 0 spiro atoms. The minimum atomic E-state index is -4.44. The third-order valence-electron chi connectivity index (χ3n) is 3.60. The van der Waals surface area contributed by atoms with E-state index < -0.39 is 24.6 Å². The van der Waals surface area contributed by atoms with Gasteiger partial charge in [-0.05, 0) is 19.3 Å². The Hall–Kier alpha value is -0.380. The van der Waals surface area contributed by atoms with E-state index in [1.54, 1.807) is 13.8 Å². The summed E-state index contributed by atoms with van der Waals surface area (Å²) in [7, 11) is -4.44. The molecule has 1 unspecified atom stereocenters. The van der Waals surface area contributed by atoms with Gasteiger partial charge in [0.05, 0.1) is 11.1 Å². The first kappa shape index (κ1) is 20.9. The molecule has 116 valence electrons. The van der Waals surface area contributed by atoms with E-state index >= 15 is 0 Å². The van der Waals surface area contributed by atoms with Gasteiger partial charge >= 0.3 is 13.6 Å². The molecule has 0 aliphatic carbocycles. The molecule has 0 aliphatic rings. The zero-order valence-corrected chi connectivity index (χ0v) is 13.6. The van der Waals surface area contributed by atoms with Crippen LogP contribution in [0.2, 0.25) is 0 Å². The van der Waals surface area contributed by atoms with E-state index in [-0.39, 0.29) is 12.8 Å². The van der Waals surface area contributed by atoms with Crippen molar-refractivity contribution in [2.45, 2.75) is 71.9 Å². The summed E-state index contributed by atoms with van der Waals surface area (Å²) in [6.45, 7) is 9.21. The highest BCUT2D eigenvalue weighted by molar-refractivity contribution is 7.53. The number of aliphatic carboxylic acids is 1. The Bertz CT molecular complexity index is 293. The molecule has 0 aromatic heterocycles. The number of carbonyl (C=O) groups is 1. The summed E-state index contributed by atoms with van der Waals surface area (Å²) in [6.07, 6.45) is 2.15. The average molecular weight is 296 g/mol. The Labute approximate surface area is 116 Å². The summed E-state index contributed by atoms with van der Waals surface area (Å²) in [5.74, 6) is -2.08. The van der Waals surface area contributed by atoms with Crippen LogP contribution in [0.3, 0.4) is 0 Å². The van der Waals surface area contributed by atoms with Gasteiger partial charge in [0.15, 0.2) is 0 Å². The van der Waals surface area contributed by atoms with Crippen LogP contribution in [0.15, 0.2) is 0 Å². The molecule has 0 aromatic rings. The van der Waals surface area contributed by atoms with Crippen LogP contribution in [0.5, 0.6) is 0 Å². The van der Waals surface area contributed by atoms with Gasteiger partial charge in [0.1, 0.15) is 0 Å². The number of carboxylic acid groups (broad SMARTS) is 1. The number of hydrogen-bond donors (Lipinski definition) is 3. The minimum Gasteiger partial charge on any atom is -0.481 e. The van der Waals surface area contributed by atoms with Crippen LogP contribution in [0.4, 0.5) is 0 Å². The third-order valence-corrected chi connectivity index (χ3v) is 5.70. The summed E-state index contributed by atoms with van der Waals surface area (Å²) in [4.78, 5) is 30.3. The van der Waals surface area contributed by atoms with Crippen molar-refractivity contribution in [2.24, 2.45) is 5.92 Å². The van der Waals surface area contributed by atoms with Crippen molar-refractivity contribution in [3.05, 3.63) is 0 Å². The molecule has 0 amide bonds. The highest BCUT2D eigenvalue weighted by Gasteiger charge is 2.52. The zero-order valence-electron chi connectivity index (χ0n) is 12.7. The molecule has 0 aliphatic heterocycles. The van der Waals surface area contributed by atoms with Gasteiger partial charge in [-0.15, -0.1) is 0 Å². The van der Waals surface area contributed by atoms with Crippen LogP contribution in [0.25, 0.3) is 0 Å². The van der Waals surface area contributed by atoms with E-state index in [4.69, 9.17) is 0 Å². The van der Waals surface area contributed by atoms with Gasteiger partial charge in [0, 0.05) is 0 Å². The van der Waals surface area contributed by atoms with Crippen molar-refractivity contribution < 1.29 is 24.3 Å². The lowest BCUT2D eigenvalue weighted by atomic mass is 9.83. The Kier molecular flexibility index (Phi) is 10.5. The lowest BCUT2D eigenvalue weighted by Gasteiger charge is -2.37. The molecule has 0 radical (unpaired) electrons. The van der Waals surface area contributed by atoms with Gasteiger partial charge in [-0.25, -0.2) is 0 Å². The van der Waals surface area contributed by atoms with Gasteiger partial charge in [-0.3, -0.25) is 9.36 Å². The van der Waals surface area contributed by atoms with E-state index in [1.165, 1.54) is 0 Å². The maximum atomic E-state index is 11.7. The lowest BCUT2D eigenvalue weighted by Crippen LogP contribution is -2.41. The lowest BCUT2D eigenvalue weighted by molar-refractivity contribution is -0.143. The molecule has 0 bridgehead atoms. The highest BCUT2D eigenvalue weighted by atomic mass is 31.2. The Morgan fingerprint density at radius 2 is 1.58 bits per heavy atom. The first-order valence-electron chi connectivity index (χ1n) is 7.05. The van der Waals surface area contributed by atoms with Crippen molar-refractivity contribution in [2.75, 3.05) is 0 Å². The molecule has 0 heterocycles. The molecule has 0 rings (SSSR count). The molecule has 3 N–H and O–H groups in total. The van der Waals surface area contributed by atoms with Crippen LogP contribution in [0.1, 0.15) is 66.7 Å². The van der Waals surface area contributed by atoms with Gasteiger partial charge in [0.25, 0.3) is 0 Å². The van der Waals surface area contributed by atoms with E-state index in [2.05, 4.69) is 0 Å². The number of hydrogen-bond acceptors (Lipinski definition) is 2. The fraction of sp³-hybridized carbons (Fsp3) is 0.923. The van der Waals surface area contributed by atoms with Crippen molar-refractivity contribution in [3.8, 4) is 0 Å². The average Bonchev–Trinajstić information content (AvgIpc) is 2.35. The predicted molar refractivity (Wildman–Crippen MR) is 77.4 cm³/mol. The van der Waals surface area contributed by atoms with Gasteiger partial charge < -0.3 is 14.9 Å². The summed E-state index contributed by atoms with van der Waals surface area (Å²) in [5.41, 5.74) is 0. The maximum Gasteiger partial charge on any atom is 0.332 e. The van der Waals surface area contributed by atoms with E-state index in [9.17, 15) is 24.3 Å². The molecular weight excluding hydrogens is 267 g/mol. The smallest absolute Gasteiger partial charge is 0.332 e. The Morgan fingerprint density at radius 1 is 1.16 bits per heavy atom. The first-order valence-corrected chi connectivity index (χ1v) is 8.66. The summed E-state index contributed by atoms with van der Waals surface area (Å²) in [6, 6.07) is 0. The van der Waals surface area contributed by atoms with E-state index in [0.29, 0.717) is 12.8 Å². The normalized spacial score (nSPS) is 13.4. The van der Waals surface area contributed by atoms with Crippen LogP contribution >= 0.6 is 7.60 Å². The van der Waals surface area contributed by atoms with Crippen LogP contribution in [-0.4, -0.2) is 26.0 Å². The molecule has 0 fully saturated rings. The molecule has 5 nitrogen and oxygen atoms in total. The fourth-order valence-electron chi connectivity index (χ4n) is 2.39. The van der Waals surface area contributed by atoms with Crippen LogP contribution in [0, 0.1) is 5.92 Å². The molecule has 0 saturated carbocycles. The van der Waals surface area contributed by atoms with Crippen LogP contribution in [-0.2, 0) is 9.36 Å². The molecule has 19 heavy (non-hydrogen) atoms. The zero-order chi connectivity index (χ0) is 15.7. The maximum absolute atomic E-state index is 11.7. The molecule has 6 heteroatoms. The van der Waals surface area contributed by atoms with Gasteiger partial charge in [-0.2, -0.15) is 0 Å². The Balaban J connectivity index is 0. The van der Waals surface area contributed by atoms with E-state index in [0.717, 1.165) is 6.42 Å². The second-order valence-electron chi connectivity index (χ2n) is 4.39. The summed E-state index contributed by atoms with van der Waals surface area (Å²) < 4.78 is 11.7. The number of rotatable bonds is 8. The predicted octanol–water partition coefficient (Wildman–Crippen LogP) is 3.64. The topological polar surface area (TPSA) is 94.8 Å². The SMILES string of the molecule is CC.CCCCC(C(=O)O)C(CC)(CC)P(=O)(O)O. The minimum absolute atomic E-state index is 0.175. The number of unbranched alkanes of at least 4 members (excludes halogenated alkanes) is 1. The largest absolute Gasteiger partial charge is 0.481 e. The second kappa shape index (κ2) is 9.51. The molecule has 0 aromatic carbocycles. The van der Waals surface area contributed by atoms with Crippen molar-refractivity contribution in [1.29, 1.82) is 0 Å². The monoisotopic (exact) mass is 296 g/mol. The summed E-state index contributed by atoms with van der Waals surface area (Å²) in [5, 5.41) is 7.80. The molecule has 0 saturated heterocycles. The standard InChI is InChI=1S/C11H23O5P.C2H6/c1-4-7-8-9(10(12)13)11(5-2,6-3)17(14,15)16;1-2/h9H,4-8H2,1-3H3,(H,12,13)(H2,14,15,16);1-2H3. The van der Waals surface area contributed by atoms with Crippen molar-refractivity contribution in [1.82, 2.24) is 0 Å². The second-order valence-corrected chi connectivity index (χ2v) is 6.37. The molecular formula is C13H29O5P. The molecule has 1 atom stereocenters. The highest BCUT2D eigenvalue weighted by Crippen LogP contribution is 2.59. The fourth-order valence-corrected chi connectivity index (χ4v) is 3.86. The van der Waals surface area contributed by atoms with Crippen LogP contribution < -0.4 is 0 Å². The Morgan fingerprint density at radius 3 is 1.79 bits per heavy atom. The first-order chi connectivity index (χ1) is 8.76. The van der Waals surface area contributed by atoms with E-state index in [1.807, 2.05) is 20.8 Å². The third kappa shape index (κ3) is 5.25. The van der Waals surface area contributed by atoms with Crippen molar-refractivity contribution >= 4 is 13.6 Å². The van der Waals surface area contributed by atoms with Gasteiger partial charge in [-0.1, -0.05) is 47.5 Å². The quantitative estimate of drug-likeness (QED) is 0.594. The van der Waals surface area contributed by atoms with Crippen molar-refractivity contribution in [3.63, 3.8) is 0 Å². The number of carboxylic acids is 1.